The Morgan fingerprint density at radius 3 is 2.75 bits per heavy atom. The lowest BCUT2D eigenvalue weighted by Gasteiger charge is -2.10. The molecule has 1 aromatic carbocycles. The van der Waals surface area contributed by atoms with Crippen LogP contribution in [0.3, 0.4) is 0 Å². The van der Waals surface area contributed by atoms with Gasteiger partial charge in [0.1, 0.15) is 5.75 Å². The Morgan fingerprint density at radius 2 is 2.10 bits per heavy atom. The predicted molar refractivity (Wildman–Crippen MR) is 94.9 cm³/mol. The second-order valence-electron chi connectivity index (χ2n) is 3.88. The lowest BCUT2D eigenvalue weighted by molar-refractivity contribution is 0.410. The van der Waals surface area contributed by atoms with Crippen LogP contribution < -0.4 is 15.4 Å². The van der Waals surface area contributed by atoms with Crippen LogP contribution in [0.15, 0.2) is 29.3 Å². The summed E-state index contributed by atoms with van der Waals surface area (Å²) in [6.45, 7) is 3.99. The van der Waals surface area contributed by atoms with Crippen molar-refractivity contribution in [3.63, 3.8) is 0 Å². The van der Waals surface area contributed by atoms with E-state index in [2.05, 4.69) is 27.6 Å². The van der Waals surface area contributed by atoms with Crippen molar-refractivity contribution in [3.8, 4) is 18.1 Å². The molecule has 0 spiro atoms. The summed E-state index contributed by atoms with van der Waals surface area (Å²) in [4.78, 5) is 4.46. The maximum Gasteiger partial charge on any atom is 0.192 e. The molecule has 0 amide bonds. The molecule has 0 aliphatic rings. The highest BCUT2D eigenvalue weighted by Crippen LogP contribution is 2.17. The molecule has 2 N–H and O–H groups in total. The highest BCUT2D eigenvalue weighted by Gasteiger charge is 2.01. The van der Waals surface area contributed by atoms with E-state index in [1.165, 1.54) is 0 Å². The first kappa shape index (κ1) is 18.6. The number of hydrogen-bond acceptors (Lipinski definition) is 2. The van der Waals surface area contributed by atoms with E-state index in [9.17, 15) is 0 Å². The van der Waals surface area contributed by atoms with E-state index < -0.39 is 0 Å². The van der Waals surface area contributed by atoms with Gasteiger partial charge in [0.25, 0.3) is 0 Å². The van der Waals surface area contributed by atoms with Gasteiger partial charge in [-0.15, -0.1) is 30.4 Å². The summed E-state index contributed by atoms with van der Waals surface area (Å²) < 4.78 is 5.31. The predicted octanol–water partition coefficient (Wildman–Crippen LogP) is 2.04. The minimum Gasteiger partial charge on any atom is -0.496 e. The van der Waals surface area contributed by atoms with Crippen LogP contribution in [0.2, 0.25) is 0 Å². The van der Waals surface area contributed by atoms with E-state index >= 15 is 0 Å². The summed E-state index contributed by atoms with van der Waals surface area (Å²) in [6.07, 6.45) is 6.05. The van der Waals surface area contributed by atoms with E-state index in [1.54, 1.807) is 7.11 Å². The van der Waals surface area contributed by atoms with Crippen LogP contribution in [0.4, 0.5) is 0 Å². The quantitative estimate of drug-likeness (QED) is 0.340. The van der Waals surface area contributed by atoms with Crippen molar-refractivity contribution in [2.75, 3.05) is 26.7 Å². The first-order chi connectivity index (χ1) is 9.31. The van der Waals surface area contributed by atoms with Gasteiger partial charge in [-0.05, 0) is 25.0 Å². The summed E-state index contributed by atoms with van der Waals surface area (Å²) in [7, 11) is 1.68. The zero-order chi connectivity index (χ0) is 13.9. The van der Waals surface area contributed by atoms with Crippen molar-refractivity contribution in [3.05, 3.63) is 29.8 Å². The molecule has 1 aromatic rings. The van der Waals surface area contributed by atoms with E-state index in [0.29, 0.717) is 13.1 Å². The molecular weight excluding hydrogens is 365 g/mol. The number of guanidine groups is 1. The van der Waals surface area contributed by atoms with Gasteiger partial charge >= 0.3 is 0 Å². The van der Waals surface area contributed by atoms with E-state index in [-0.39, 0.29) is 24.0 Å². The highest BCUT2D eigenvalue weighted by molar-refractivity contribution is 14.0. The highest BCUT2D eigenvalue weighted by atomic mass is 127. The summed E-state index contributed by atoms with van der Waals surface area (Å²) in [5.74, 6) is 4.18. The number of hydrogen-bond donors (Lipinski definition) is 2. The molecule has 0 aromatic heterocycles. The van der Waals surface area contributed by atoms with Crippen LogP contribution in [0, 0.1) is 12.3 Å². The smallest absolute Gasteiger partial charge is 0.192 e. The Morgan fingerprint density at radius 1 is 1.35 bits per heavy atom. The van der Waals surface area contributed by atoms with Crippen molar-refractivity contribution < 1.29 is 4.74 Å². The fourth-order valence-electron chi connectivity index (χ4n) is 1.67. The summed E-state index contributed by atoms with van der Waals surface area (Å²) in [6, 6.07) is 7.98. The molecule has 0 heterocycles. The molecule has 0 saturated heterocycles. The fourth-order valence-corrected chi connectivity index (χ4v) is 1.67. The number of nitrogens with one attached hydrogen (secondary N) is 2. The number of halogens is 1. The van der Waals surface area contributed by atoms with Gasteiger partial charge in [-0.25, -0.2) is 0 Å². The average molecular weight is 387 g/mol. The Bertz CT molecular complexity index is 455. The number of nitrogens with zero attached hydrogens (tertiary/aromatic N) is 1. The first-order valence-electron chi connectivity index (χ1n) is 6.39. The Balaban J connectivity index is 0.00000361. The zero-order valence-corrected chi connectivity index (χ0v) is 14.3. The SMILES string of the molecule is C#CCNC(=NCCc1ccccc1OC)NCC.I. The molecule has 5 heteroatoms. The van der Waals surface area contributed by atoms with Gasteiger partial charge in [-0.2, -0.15) is 0 Å². The van der Waals surface area contributed by atoms with Gasteiger partial charge in [0.15, 0.2) is 5.96 Å². The topological polar surface area (TPSA) is 45.7 Å². The maximum atomic E-state index is 5.31. The molecule has 0 bridgehead atoms. The minimum atomic E-state index is 0. The van der Waals surface area contributed by atoms with Crippen molar-refractivity contribution in [1.82, 2.24) is 10.6 Å². The van der Waals surface area contributed by atoms with Gasteiger partial charge in [0, 0.05) is 13.1 Å². The summed E-state index contributed by atoms with van der Waals surface area (Å²) >= 11 is 0. The molecule has 4 nitrogen and oxygen atoms in total. The third kappa shape index (κ3) is 6.66. The average Bonchev–Trinajstić information content (AvgIpc) is 2.45. The van der Waals surface area contributed by atoms with Crippen LogP contribution >= 0.6 is 24.0 Å². The van der Waals surface area contributed by atoms with E-state index in [4.69, 9.17) is 11.2 Å². The minimum absolute atomic E-state index is 0. The van der Waals surface area contributed by atoms with E-state index in [0.717, 1.165) is 30.2 Å². The third-order valence-corrected chi connectivity index (χ3v) is 2.55. The number of ether oxygens (including phenoxy) is 1. The maximum absolute atomic E-state index is 5.31. The molecule has 20 heavy (non-hydrogen) atoms. The standard InChI is InChI=1S/C15H21N3O.HI/c1-4-11-17-15(16-5-2)18-12-10-13-8-6-7-9-14(13)19-3;/h1,6-9H,5,10-12H2,2-3H3,(H2,16,17,18);1H. The Hall–Kier alpha value is -1.42. The molecule has 0 unspecified atom stereocenters. The Kier molecular flexibility index (Phi) is 10.6. The van der Waals surface area contributed by atoms with Crippen LogP contribution in [0.25, 0.3) is 0 Å². The molecule has 0 aliphatic heterocycles. The van der Waals surface area contributed by atoms with Crippen molar-refractivity contribution >= 4 is 29.9 Å². The second-order valence-corrected chi connectivity index (χ2v) is 3.88. The van der Waals surface area contributed by atoms with Gasteiger partial charge in [0.05, 0.1) is 13.7 Å². The van der Waals surface area contributed by atoms with Crippen molar-refractivity contribution in [2.24, 2.45) is 4.99 Å². The van der Waals surface area contributed by atoms with Gasteiger partial charge < -0.3 is 15.4 Å². The largest absolute Gasteiger partial charge is 0.496 e. The second kappa shape index (κ2) is 11.4. The molecule has 1 rings (SSSR count). The number of para-hydroxylation sites is 1. The summed E-state index contributed by atoms with van der Waals surface area (Å²) in [5.41, 5.74) is 1.15. The normalized spacial score (nSPS) is 10.2. The molecule has 0 saturated carbocycles. The molecular formula is C15H22IN3O. The van der Waals surface area contributed by atoms with Crippen LogP contribution in [0.5, 0.6) is 5.75 Å². The molecule has 0 aliphatic carbocycles. The lowest BCUT2D eigenvalue weighted by atomic mass is 10.1. The number of rotatable bonds is 6. The molecule has 0 atom stereocenters. The molecule has 0 radical (unpaired) electrons. The van der Waals surface area contributed by atoms with Gasteiger partial charge in [-0.1, -0.05) is 24.1 Å². The third-order valence-electron chi connectivity index (χ3n) is 2.55. The molecule has 110 valence electrons. The van der Waals surface area contributed by atoms with Gasteiger partial charge in [-0.3, -0.25) is 4.99 Å². The van der Waals surface area contributed by atoms with Crippen LogP contribution in [0.1, 0.15) is 12.5 Å². The zero-order valence-electron chi connectivity index (χ0n) is 12.0. The number of terminal acetylenes is 1. The Labute approximate surface area is 138 Å². The number of methoxy groups -OCH3 is 1. The van der Waals surface area contributed by atoms with Crippen molar-refractivity contribution in [1.29, 1.82) is 0 Å². The fraction of sp³-hybridized carbons (Fsp3) is 0.400. The van der Waals surface area contributed by atoms with Gasteiger partial charge in [0.2, 0.25) is 0 Å². The van der Waals surface area contributed by atoms with Crippen LogP contribution in [-0.2, 0) is 6.42 Å². The lowest BCUT2D eigenvalue weighted by Crippen LogP contribution is -2.37. The monoisotopic (exact) mass is 387 g/mol. The first-order valence-corrected chi connectivity index (χ1v) is 6.39. The van der Waals surface area contributed by atoms with Crippen LogP contribution in [-0.4, -0.2) is 32.7 Å². The number of benzene rings is 1. The van der Waals surface area contributed by atoms with E-state index in [1.807, 2.05) is 25.1 Å². The van der Waals surface area contributed by atoms with Crippen molar-refractivity contribution in [2.45, 2.75) is 13.3 Å². The number of aliphatic imine (C=N–C) groups is 1. The summed E-state index contributed by atoms with van der Waals surface area (Å²) in [5, 5.41) is 6.20. The molecule has 0 fully saturated rings.